The zero-order valence-electron chi connectivity index (χ0n) is 13.4. The summed E-state index contributed by atoms with van der Waals surface area (Å²) in [6.45, 7) is 12.0. The molecule has 0 aromatic heterocycles. The first kappa shape index (κ1) is 17.5. The van der Waals surface area contributed by atoms with Crippen LogP contribution in [0.2, 0.25) is 0 Å². The van der Waals surface area contributed by atoms with Gasteiger partial charge in [-0.05, 0) is 49.7 Å². The highest BCUT2D eigenvalue weighted by molar-refractivity contribution is 5.20. The van der Waals surface area contributed by atoms with E-state index in [-0.39, 0.29) is 0 Å². The number of rotatable bonds is 9. The van der Waals surface area contributed by atoms with Crippen LogP contribution in [0.1, 0.15) is 38.7 Å². The Bertz CT molecular complexity index is 470. The molecular weight excluding hydrogens is 256 g/mol. The molecule has 1 N–H and O–H groups in total. The highest BCUT2D eigenvalue weighted by atomic mass is 16.3. The first-order valence-electron chi connectivity index (χ1n) is 7.70. The van der Waals surface area contributed by atoms with E-state index in [4.69, 9.17) is 0 Å². The summed E-state index contributed by atoms with van der Waals surface area (Å²) < 4.78 is 0. The molecule has 1 nitrogen and oxygen atoms in total. The SMILES string of the molecule is C=CC[C@@H](O)/C(C)=C/[C@@H](C)CCC(=C)Cc1ccccc1. The van der Waals surface area contributed by atoms with E-state index in [1.165, 1.54) is 11.1 Å². The van der Waals surface area contributed by atoms with Crippen molar-refractivity contribution in [2.24, 2.45) is 5.92 Å². The molecule has 0 radical (unpaired) electrons. The van der Waals surface area contributed by atoms with Gasteiger partial charge in [0.05, 0.1) is 6.10 Å². The molecule has 0 aliphatic rings. The van der Waals surface area contributed by atoms with E-state index in [1.54, 1.807) is 6.08 Å². The van der Waals surface area contributed by atoms with E-state index in [0.717, 1.165) is 24.8 Å². The highest BCUT2D eigenvalue weighted by Gasteiger charge is 2.07. The number of allylic oxidation sites excluding steroid dienone is 2. The predicted molar refractivity (Wildman–Crippen MR) is 92.3 cm³/mol. The second-order valence-electron chi connectivity index (χ2n) is 5.88. The minimum atomic E-state index is -0.391. The molecule has 0 amide bonds. The van der Waals surface area contributed by atoms with Crippen LogP contribution in [0.5, 0.6) is 0 Å². The maximum absolute atomic E-state index is 9.88. The number of hydrogen-bond donors (Lipinski definition) is 1. The lowest BCUT2D eigenvalue weighted by molar-refractivity contribution is 0.213. The van der Waals surface area contributed by atoms with Gasteiger partial charge < -0.3 is 5.11 Å². The fraction of sp³-hybridized carbons (Fsp3) is 0.400. The Balaban J connectivity index is 2.38. The summed E-state index contributed by atoms with van der Waals surface area (Å²) in [5.74, 6) is 0.456. The quantitative estimate of drug-likeness (QED) is 0.627. The second kappa shape index (κ2) is 9.36. The molecule has 1 rings (SSSR count). The van der Waals surface area contributed by atoms with Gasteiger partial charge in [0, 0.05) is 0 Å². The minimum Gasteiger partial charge on any atom is -0.388 e. The van der Waals surface area contributed by atoms with Crippen LogP contribution in [0.3, 0.4) is 0 Å². The molecule has 0 saturated carbocycles. The maximum atomic E-state index is 9.88. The van der Waals surface area contributed by atoms with Crippen LogP contribution in [0.25, 0.3) is 0 Å². The second-order valence-corrected chi connectivity index (χ2v) is 5.88. The smallest absolute Gasteiger partial charge is 0.0781 e. The monoisotopic (exact) mass is 284 g/mol. The fourth-order valence-corrected chi connectivity index (χ4v) is 2.39. The summed E-state index contributed by atoms with van der Waals surface area (Å²) in [6.07, 6.45) is 7.21. The number of hydrogen-bond acceptors (Lipinski definition) is 1. The molecule has 0 saturated heterocycles. The Morgan fingerprint density at radius 2 is 1.95 bits per heavy atom. The minimum absolute atomic E-state index is 0.391. The van der Waals surface area contributed by atoms with Crippen molar-refractivity contribution in [2.45, 2.75) is 45.6 Å². The van der Waals surface area contributed by atoms with E-state index >= 15 is 0 Å². The average molecular weight is 284 g/mol. The third-order valence-electron chi connectivity index (χ3n) is 3.71. The third-order valence-corrected chi connectivity index (χ3v) is 3.71. The first-order chi connectivity index (χ1) is 10.0. The van der Waals surface area contributed by atoms with Gasteiger partial charge in [-0.2, -0.15) is 0 Å². The molecule has 0 heterocycles. The Kier molecular flexibility index (Phi) is 7.78. The van der Waals surface area contributed by atoms with Crippen molar-refractivity contribution < 1.29 is 5.11 Å². The Labute approximate surface area is 129 Å². The lowest BCUT2D eigenvalue weighted by atomic mass is 9.95. The Morgan fingerprint density at radius 1 is 1.29 bits per heavy atom. The topological polar surface area (TPSA) is 20.2 Å². The standard InChI is InChI=1S/C20H28O/c1-5-9-20(21)18(4)14-16(2)12-13-17(3)15-19-10-7-6-8-11-19/h5-8,10-11,14,16,20-21H,1,3,9,12-13,15H2,2,4H3/b18-14+/t16-,20+/m0/s1. The zero-order valence-corrected chi connectivity index (χ0v) is 13.4. The van der Waals surface area contributed by atoms with Gasteiger partial charge in [-0.1, -0.05) is 61.6 Å². The molecule has 1 aromatic rings. The number of benzene rings is 1. The number of aliphatic hydroxyl groups excluding tert-OH is 1. The highest BCUT2D eigenvalue weighted by Crippen LogP contribution is 2.18. The normalized spacial score (nSPS) is 14.5. The van der Waals surface area contributed by atoms with Crippen LogP contribution in [0.4, 0.5) is 0 Å². The predicted octanol–water partition coefficient (Wildman–Crippen LogP) is 5.08. The summed E-state index contributed by atoms with van der Waals surface area (Å²) in [5, 5.41) is 9.88. The Morgan fingerprint density at radius 3 is 2.57 bits per heavy atom. The molecule has 0 spiro atoms. The summed E-state index contributed by atoms with van der Waals surface area (Å²) >= 11 is 0. The van der Waals surface area contributed by atoms with Crippen molar-refractivity contribution in [1.82, 2.24) is 0 Å². The fourth-order valence-electron chi connectivity index (χ4n) is 2.39. The molecule has 0 aliphatic heterocycles. The molecule has 0 bridgehead atoms. The van der Waals surface area contributed by atoms with E-state index in [2.05, 4.69) is 50.4 Å². The largest absolute Gasteiger partial charge is 0.388 e. The van der Waals surface area contributed by atoms with Crippen molar-refractivity contribution in [3.05, 3.63) is 72.4 Å². The summed E-state index contributed by atoms with van der Waals surface area (Å²) in [7, 11) is 0. The lowest BCUT2D eigenvalue weighted by Crippen LogP contribution is -2.08. The van der Waals surface area contributed by atoms with Crippen molar-refractivity contribution in [1.29, 1.82) is 0 Å². The third kappa shape index (κ3) is 7.10. The van der Waals surface area contributed by atoms with E-state index in [0.29, 0.717) is 12.3 Å². The van der Waals surface area contributed by atoms with Gasteiger partial charge in [0.1, 0.15) is 0 Å². The van der Waals surface area contributed by atoms with Crippen LogP contribution in [0, 0.1) is 5.92 Å². The van der Waals surface area contributed by atoms with Crippen molar-refractivity contribution >= 4 is 0 Å². The van der Waals surface area contributed by atoms with Crippen LogP contribution in [-0.2, 0) is 6.42 Å². The molecule has 0 aliphatic carbocycles. The van der Waals surface area contributed by atoms with Crippen LogP contribution in [-0.4, -0.2) is 11.2 Å². The average Bonchev–Trinajstić information content (AvgIpc) is 2.46. The molecule has 2 atom stereocenters. The zero-order chi connectivity index (χ0) is 15.7. The van der Waals surface area contributed by atoms with Gasteiger partial charge in [0.25, 0.3) is 0 Å². The van der Waals surface area contributed by atoms with Crippen molar-refractivity contribution in [3.63, 3.8) is 0 Å². The number of aliphatic hydroxyl groups is 1. The maximum Gasteiger partial charge on any atom is 0.0781 e. The van der Waals surface area contributed by atoms with E-state index in [1.807, 2.05) is 13.0 Å². The Hall–Kier alpha value is -1.60. The van der Waals surface area contributed by atoms with Gasteiger partial charge in [-0.3, -0.25) is 0 Å². The van der Waals surface area contributed by atoms with Crippen molar-refractivity contribution in [3.8, 4) is 0 Å². The van der Waals surface area contributed by atoms with Gasteiger partial charge in [0.2, 0.25) is 0 Å². The molecular formula is C20H28O. The molecule has 1 heteroatoms. The lowest BCUT2D eigenvalue weighted by Gasteiger charge is -2.13. The summed E-state index contributed by atoms with van der Waals surface area (Å²) in [5.41, 5.74) is 3.63. The van der Waals surface area contributed by atoms with E-state index in [9.17, 15) is 5.11 Å². The van der Waals surface area contributed by atoms with Gasteiger partial charge >= 0.3 is 0 Å². The first-order valence-corrected chi connectivity index (χ1v) is 7.70. The van der Waals surface area contributed by atoms with Crippen LogP contribution >= 0.6 is 0 Å². The van der Waals surface area contributed by atoms with Crippen LogP contribution < -0.4 is 0 Å². The molecule has 0 unspecified atom stereocenters. The molecule has 0 fully saturated rings. The summed E-state index contributed by atoms with van der Waals surface area (Å²) in [6, 6.07) is 10.5. The van der Waals surface area contributed by atoms with Gasteiger partial charge in [0.15, 0.2) is 0 Å². The van der Waals surface area contributed by atoms with Crippen molar-refractivity contribution in [2.75, 3.05) is 0 Å². The molecule has 21 heavy (non-hydrogen) atoms. The van der Waals surface area contributed by atoms with Gasteiger partial charge in [-0.25, -0.2) is 0 Å². The summed E-state index contributed by atoms with van der Waals surface area (Å²) in [4.78, 5) is 0. The van der Waals surface area contributed by atoms with E-state index < -0.39 is 6.10 Å². The van der Waals surface area contributed by atoms with Gasteiger partial charge in [-0.15, -0.1) is 6.58 Å². The molecule has 114 valence electrons. The van der Waals surface area contributed by atoms with Crippen LogP contribution in [0.15, 0.2) is 66.8 Å². The molecule has 1 aromatic carbocycles.